The van der Waals surface area contributed by atoms with Crippen LogP contribution in [-0.2, 0) is 13.1 Å². The lowest BCUT2D eigenvalue weighted by Crippen LogP contribution is -2.23. The third kappa shape index (κ3) is 4.95. The molecule has 1 amide bonds. The van der Waals surface area contributed by atoms with E-state index in [0.717, 1.165) is 12.1 Å². The monoisotopic (exact) mass is 333 g/mol. The summed E-state index contributed by atoms with van der Waals surface area (Å²) in [6, 6.07) is 5.47. The van der Waals surface area contributed by atoms with Gasteiger partial charge in [0.2, 0.25) is 0 Å². The highest BCUT2D eigenvalue weighted by atomic mass is 16.5. The summed E-state index contributed by atoms with van der Waals surface area (Å²) < 4.78 is 12.1. The molecule has 1 N–H and O–H groups in total. The Kier molecular flexibility index (Phi) is 6.14. The maximum absolute atomic E-state index is 12.2. The summed E-state index contributed by atoms with van der Waals surface area (Å²) in [6.07, 6.45) is 1.64. The molecule has 0 spiro atoms. The smallest absolute Gasteiger partial charge is 0.273 e. The zero-order valence-corrected chi connectivity index (χ0v) is 14.4. The molecule has 0 aliphatic carbocycles. The number of rotatable bonds is 8. The van der Waals surface area contributed by atoms with E-state index in [1.807, 2.05) is 31.1 Å². The molecule has 2 rings (SSSR count). The van der Waals surface area contributed by atoms with Crippen LogP contribution in [-0.4, -0.2) is 60.7 Å². The first kappa shape index (κ1) is 17.7. The van der Waals surface area contributed by atoms with Gasteiger partial charge < -0.3 is 19.7 Å². The van der Waals surface area contributed by atoms with E-state index >= 15 is 0 Å². The van der Waals surface area contributed by atoms with Gasteiger partial charge in [-0.15, -0.1) is 5.10 Å². The van der Waals surface area contributed by atoms with Crippen LogP contribution in [0.3, 0.4) is 0 Å². The van der Waals surface area contributed by atoms with Gasteiger partial charge in [0.1, 0.15) is 11.5 Å². The Bertz CT molecular complexity index is 662. The summed E-state index contributed by atoms with van der Waals surface area (Å²) in [5.74, 6) is 1.08. The largest absolute Gasteiger partial charge is 0.497 e. The Balaban J connectivity index is 1.95. The fourth-order valence-electron chi connectivity index (χ4n) is 2.06. The molecule has 0 aliphatic rings. The van der Waals surface area contributed by atoms with Gasteiger partial charge >= 0.3 is 0 Å². The average molecular weight is 333 g/mol. The predicted octanol–water partition coefficient (Wildman–Crippen LogP) is 0.787. The molecule has 0 fully saturated rings. The number of hydrogen-bond acceptors (Lipinski definition) is 6. The number of nitrogens with one attached hydrogen (secondary N) is 1. The van der Waals surface area contributed by atoms with Crippen LogP contribution in [0.1, 0.15) is 16.1 Å². The maximum Gasteiger partial charge on any atom is 0.273 e. The first-order chi connectivity index (χ1) is 11.5. The molecular formula is C16H23N5O3. The number of methoxy groups -OCH3 is 2. The predicted molar refractivity (Wildman–Crippen MR) is 89.3 cm³/mol. The Morgan fingerprint density at radius 1 is 1.21 bits per heavy atom. The number of aromatic nitrogens is 3. The number of carbonyl (C=O) groups is 1. The maximum atomic E-state index is 12.2. The van der Waals surface area contributed by atoms with Crippen molar-refractivity contribution in [3.8, 4) is 11.5 Å². The van der Waals surface area contributed by atoms with E-state index in [4.69, 9.17) is 9.47 Å². The molecule has 1 aromatic heterocycles. The first-order valence-corrected chi connectivity index (χ1v) is 7.57. The van der Waals surface area contributed by atoms with E-state index in [1.165, 1.54) is 0 Å². The molecule has 0 aliphatic heterocycles. The minimum Gasteiger partial charge on any atom is -0.497 e. The molecule has 0 radical (unpaired) electrons. The summed E-state index contributed by atoms with van der Waals surface area (Å²) in [4.78, 5) is 14.2. The fourth-order valence-corrected chi connectivity index (χ4v) is 2.06. The van der Waals surface area contributed by atoms with Crippen LogP contribution in [0.5, 0.6) is 11.5 Å². The van der Waals surface area contributed by atoms with Gasteiger partial charge in [-0.3, -0.25) is 9.48 Å². The zero-order chi connectivity index (χ0) is 17.5. The van der Waals surface area contributed by atoms with Crippen molar-refractivity contribution >= 4 is 5.91 Å². The Morgan fingerprint density at radius 3 is 2.46 bits per heavy atom. The van der Waals surface area contributed by atoms with Crippen molar-refractivity contribution in [1.29, 1.82) is 0 Å². The Morgan fingerprint density at radius 2 is 1.88 bits per heavy atom. The summed E-state index contributed by atoms with van der Waals surface area (Å²) in [6.45, 7) is 1.85. The summed E-state index contributed by atoms with van der Waals surface area (Å²) in [7, 11) is 7.13. The van der Waals surface area contributed by atoms with Crippen molar-refractivity contribution < 1.29 is 14.3 Å². The van der Waals surface area contributed by atoms with Crippen LogP contribution in [0.15, 0.2) is 24.4 Å². The number of amides is 1. The molecule has 1 aromatic carbocycles. The van der Waals surface area contributed by atoms with Gasteiger partial charge in [0.05, 0.1) is 27.0 Å². The Hall–Kier alpha value is -2.61. The van der Waals surface area contributed by atoms with Gasteiger partial charge in [0.15, 0.2) is 5.69 Å². The summed E-state index contributed by atoms with van der Waals surface area (Å²) in [5.41, 5.74) is 1.17. The third-order valence-corrected chi connectivity index (χ3v) is 3.41. The topological polar surface area (TPSA) is 81.5 Å². The van der Waals surface area contributed by atoms with E-state index < -0.39 is 0 Å². The summed E-state index contributed by atoms with van der Waals surface area (Å²) in [5, 5.41) is 10.7. The quantitative estimate of drug-likeness (QED) is 0.769. The SMILES string of the molecule is COc1cc(CNC(=O)c2cn(CCN(C)C)nn2)cc(OC)c1. The highest BCUT2D eigenvalue weighted by molar-refractivity contribution is 5.91. The lowest BCUT2D eigenvalue weighted by molar-refractivity contribution is 0.0945. The number of likely N-dealkylation sites (N-methyl/N-ethyl adjacent to an activating group) is 1. The molecular weight excluding hydrogens is 310 g/mol. The average Bonchev–Trinajstić information content (AvgIpc) is 3.06. The molecule has 8 nitrogen and oxygen atoms in total. The van der Waals surface area contributed by atoms with Crippen LogP contribution < -0.4 is 14.8 Å². The van der Waals surface area contributed by atoms with Crippen molar-refractivity contribution in [2.45, 2.75) is 13.1 Å². The summed E-state index contributed by atoms with van der Waals surface area (Å²) >= 11 is 0. The second-order valence-electron chi connectivity index (χ2n) is 5.57. The molecule has 1 heterocycles. The van der Waals surface area contributed by atoms with E-state index in [0.29, 0.717) is 30.3 Å². The van der Waals surface area contributed by atoms with Crippen LogP contribution in [0.4, 0.5) is 0 Å². The van der Waals surface area contributed by atoms with Crippen molar-refractivity contribution in [3.05, 3.63) is 35.7 Å². The molecule has 0 atom stereocenters. The molecule has 130 valence electrons. The minimum absolute atomic E-state index is 0.270. The standard InChI is InChI=1S/C16H23N5O3/c1-20(2)5-6-21-11-15(18-19-21)16(22)17-10-12-7-13(23-3)9-14(8-12)24-4/h7-9,11H,5-6,10H2,1-4H3,(H,17,22). The number of hydrogen-bond donors (Lipinski definition) is 1. The second-order valence-corrected chi connectivity index (χ2v) is 5.57. The van der Waals surface area contributed by atoms with Gasteiger partial charge in [0, 0.05) is 19.2 Å². The lowest BCUT2D eigenvalue weighted by atomic mass is 10.2. The van der Waals surface area contributed by atoms with Crippen molar-refractivity contribution in [3.63, 3.8) is 0 Å². The molecule has 2 aromatic rings. The molecule has 0 unspecified atom stereocenters. The zero-order valence-electron chi connectivity index (χ0n) is 14.4. The third-order valence-electron chi connectivity index (χ3n) is 3.41. The first-order valence-electron chi connectivity index (χ1n) is 7.57. The highest BCUT2D eigenvalue weighted by Gasteiger charge is 2.11. The second kappa shape index (κ2) is 8.30. The van der Waals surface area contributed by atoms with Gasteiger partial charge in [-0.05, 0) is 31.8 Å². The van der Waals surface area contributed by atoms with E-state index in [-0.39, 0.29) is 5.91 Å². The van der Waals surface area contributed by atoms with Crippen LogP contribution in [0.2, 0.25) is 0 Å². The van der Waals surface area contributed by atoms with Gasteiger partial charge in [-0.2, -0.15) is 0 Å². The number of ether oxygens (including phenoxy) is 2. The van der Waals surface area contributed by atoms with Gasteiger partial charge in [-0.25, -0.2) is 0 Å². The van der Waals surface area contributed by atoms with Crippen LogP contribution >= 0.6 is 0 Å². The van der Waals surface area contributed by atoms with Crippen molar-refractivity contribution in [2.75, 3.05) is 34.9 Å². The Labute approximate surface area is 141 Å². The van der Waals surface area contributed by atoms with Gasteiger partial charge in [0.25, 0.3) is 5.91 Å². The van der Waals surface area contributed by atoms with E-state index in [1.54, 1.807) is 31.2 Å². The lowest BCUT2D eigenvalue weighted by Gasteiger charge is -2.09. The number of nitrogens with zero attached hydrogens (tertiary/aromatic N) is 4. The van der Waals surface area contributed by atoms with E-state index in [9.17, 15) is 4.79 Å². The minimum atomic E-state index is -0.270. The number of benzene rings is 1. The molecule has 0 bridgehead atoms. The van der Waals surface area contributed by atoms with Gasteiger partial charge in [-0.1, -0.05) is 5.21 Å². The van der Waals surface area contributed by atoms with Crippen LogP contribution in [0.25, 0.3) is 0 Å². The molecule has 0 saturated carbocycles. The molecule has 0 saturated heterocycles. The van der Waals surface area contributed by atoms with Crippen molar-refractivity contribution in [1.82, 2.24) is 25.2 Å². The number of carbonyl (C=O) groups excluding carboxylic acids is 1. The highest BCUT2D eigenvalue weighted by Crippen LogP contribution is 2.22. The van der Waals surface area contributed by atoms with E-state index in [2.05, 4.69) is 15.6 Å². The van der Waals surface area contributed by atoms with Crippen molar-refractivity contribution in [2.24, 2.45) is 0 Å². The van der Waals surface area contributed by atoms with Crippen LogP contribution in [0, 0.1) is 0 Å². The molecule has 24 heavy (non-hydrogen) atoms. The molecule has 8 heteroatoms. The fraction of sp³-hybridized carbons (Fsp3) is 0.438. The normalized spacial score (nSPS) is 10.7.